The zero-order chi connectivity index (χ0) is 27.8. The van der Waals surface area contributed by atoms with E-state index in [0.29, 0.717) is 36.5 Å². The summed E-state index contributed by atoms with van der Waals surface area (Å²) in [5.74, 6) is 0.0875. The number of carbonyl (C=O) groups is 2. The van der Waals surface area contributed by atoms with E-state index >= 15 is 0 Å². The van der Waals surface area contributed by atoms with Crippen LogP contribution in [0.3, 0.4) is 0 Å². The van der Waals surface area contributed by atoms with Gasteiger partial charge in [0.15, 0.2) is 11.6 Å². The molecular formula is C29H40N8O2. The van der Waals surface area contributed by atoms with E-state index in [1.54, 1.807) is 38.1 Å². The molecule has 0 saturated carbocycles. The van der Waals surface area contributed by atoms with E-state index in [4.69, 9.17) is 0 Å². The Hall–Kier alpha value is -3.50. The highest BCUT2D eigenvalue weighted by molar-refractivity contribution is 5.94. The molecule has 2 fully saturated rings. The summed E-state index contributed by atoms with van der Waals surface area (Å²) in [4.78, 5) is 28.0. The summed E-state index contributed by atoms with van der Waals surface area (Å²) in [5.41, 5.74) is 2.83. The van der Waals surface area contributed by atoms with Gasteiger partial charge >= 0.3 is 0 Å². The van der Waals surface area contributed by atoms with Crippen LogP contribution in [0.5, 0.6) is 0 Å². The molecule has 2 saturated heterocycles. The molecular weight excluding hydrogens is 492 g/mol. The summed E-state index contributed by atoms with van der Waals surface area (Å²) in [6.45, 7) is 11.6. The maximum atomic E-state index is 11.5. The van der Waals surface area contributed by atoms with Gasteiger partial charge in [-0.15, -0.1) is 10.2 Å². The van der Waals surface area contributed by atoms with Gasteiger partial charge in [0.2, 0.25) is 0 Å². The van der Waals surface area contributed by atoms with Gasteiger partial charge in [-0.25, -0.2) is 0 Å². The number of carbonyl (C=O) groups excluding carboxylic acids is 2. The van der Waals surface area contributed by atoms with E-state index in [1.807, 2.05) is 34.3 Å². The van der Waals surface area contributed by atoms with Crippen LogP contribution in [-0.2, 0) is 0 Å². The Morgan fingerprint density at radius 1 is 0.692 bits per heavy atom. The smallest absolute Gasteiger partial charge is 0.159 e. The van der Waals surface area contributed by atoms with Crippen LogP contribution < -0.4 is 0 Å². The average Bonchev–Trinajstić information content (AvgIpc) is 2.95. The Balaban J connectivity index is 1.38. The van der Waals surface area contributed by atoms with Gasteiger partial charge < -0.3 is 0 Å². The topological polar surface area (TPSA) is 96.5 Å². The second kappa shape index (κ2) is 13.5. The van der Waals surface area contributed by atoms with Crippen molar-refractivity contribution < 1.29 is 9.59 Å². The van der Waals surface area contributed by atoms with Crippen molar-refractivity contribution in [3.05, 3.63) is 59.7 Å². The molecule has 4 rings (SSSR count). The van der Waals surface area contributed by atoms with Crippen LogP contribution in [0.4, 0.5) is 11.4 Å². The Kier molecular flexibility index (Phi) is 9.89. The zero-order valence-electron chi connectivity index (χ0n) is 23.5. The minimum Gasteiger partial charge on any atom is -0.295 e. The number of nitrogens with zero attached hydrogens (tertiary/aromatic N) is 8. The third-order valence-electron chi connectivity index (χ3n) is 7.59. The molecule has 0 radical (unpaired) electrons. The zero-order valence-corrected chi connectivity index (χ0v) is 23.5. The quantitative estimate of drug-likeness (QED) is 0.266. The van der Waals surface area contributed by atoms with Gasteiger partial charge in [-0.3, -0.25) is 29.4 Å². The van der Waals surface area contributed by atoms with Gasteiger partial charge in [0.25, 0.3) is 0 Å². The Bertz CT molecular complexity index is 1070. The first-order valence-electron chi connectivity index (χ1n) is 13.9. The summed E-state index contributed by atoms with van der Waals surface area (Å²) in [6, 6.07) is 15.5. The molecule has 2 heterocycles. The molecule has 10 nitrogen and oxygen atoms in total. The highest BCUT2D eigenvalue weighted by Gasteiger charge is 2.31. The monoisotopic (exact) mass is 532 g/mol. The van der Waals surface area contributed by atoms with Crippen molar-refractivity contribution in [3.63, 3.8) is 0 Å². The van der Waals surface area contributed by atoms with Crippen LogP contribution >= 0.6 is 0 Å². The van der Waals surface area contributed by atoms with Gasteiger partial charge in [-0.1, -0.05) is 24.3 Å². The van der Waals surface area contributed by atoms with Crippen LogP contribution in [0.1, 0.15) is 74.1 Å². The Morgan fingerprint density at radius 2 is 1.08 bits per heavy atom. The van der Waals surface area contributed by atoms with Gasteiger partial charge in [-0.2, -0.15) is 0 Å². The SMILES string of the molecule is CCC1CCN(N=Nc2ccc(C(C)=O)cc2)CN1CN1CN(N=Nc2ccc(C(C)=O)cc2)CCC1CC. The Morgan fingerprint density at radius 3 is 1.41 bits per heavy atom. The molecule has 0 bridgehead atoms. The average molecular weight is 533 g/mol. The first kappa shape index (κ1) is 28.5. The minimum absolute atomic E-state index is 0.0437. The highest BCUT2D eigenvalue weighted by Crippen LogP contribution is 2.24. The molecule has 0 aromatic heterocycles. The van der Waals surface area contributed by atoms with Crippen molar-refractivity contribution in [1.82, 2.24) is 19.8 Å². The maximum Gasteiger partial charge on any atom is 0.159 e. The predicted octanol–water partition coefficient (Wildman–Crippen LogP) is 6.23. The first-order chi connectivity index (χ1) is 18.9. The lowest BCUT2D eigenvalue weighted by molar-refractivity contribution is -0.0546. The van der Waals surface area contributed by atoms with Crippen molar-refractivity contribution in [1.29, 1.82) is 0 Å². The van der Waals surface area contributed by atoms with Crippen molar-refractivity contribution in [2.75, 3.05) is 33.1 Å². The summed E-state index contributed by atoms with van der Waals surface area (Å²) in [6.07, 6.45) is 4.23. The number of rotatable bonds is 10. The molecule has 2 aromatic rings. The molecule has 208 valence electrons. The molecule has 2 aliphatic heterocycles. The summed E-state index contributed by atoms with van der Waals surface area (Å²) in [7, 11) is 0. The van der Waals surface area contributed by atoms with E-state index in [0.717, 1.165) is 56.8 Å². The summed E-state index contributed by atoms with van der Waals surface area (Å²) < 4.78 is 0. The molecule has 39 heavy (non-hydrogen) atoms. The molecule has 0 amide bonds. The lowest BCUT2D eigenvalue weighted by Crippen LogP contribution is -2.57. The van der Waals surface area contributed by atoms with Gasteiger partial charge in [0.05, 0.1) is 31.4 Å². The highest BCUT2D eigenvalue weighted by atomic mass is 16.1. The fraction of sp³-hybridized carbons (Fsp3) is 0.517. The second-order valence-corrected chi connectivity index (χ2v) is 10.3. The van der Waals surface area contributed by atoms with E-state index in [9.17, 15) is 9.59 Å². The van der Waals surface area contributed by atoms with E-state index in [-0.39, 0.29) is 11.6 Å². The first-order valence-corrected chi connectivity index (χ1v) is 13.9. The third-order valence-corrected chi connectivity index (χ3v) is 7.59. The molecule has 2 unspecified atom stereocenters. The standard InChI is InChI=1S/C29H40N8O2/c1-5-28-15-17-36(32-30-26-11-7-24(8-12-26)22(3)38)20-34(28)19-35-21-37(18-16-29(35)6-2)33-31-27-13-9-25(10-14-27)23(4)39/h7-14,28-29H,5-6,15-21H2,1-4H3. The third kappa shape index (κ3) is 7.77. The van der Waals surface area contributed by atoms with Gasteiger partial charge in [-0.05, 0) is 88.1 Å². The van der Waals surface area contributed by atoms with E-state index in [1.165, 1.54) is 0 Å². The number of Topliss-reactive ketones (excluding diaryl/α,β-unsaturated/α-hetero) is 2. The predicted molar refractivity (Wildman–Crippen MR) is 151 cm³/mol. The van der Waals surface area contributed by atoms with Crippen molar-refractivity contribution in [3.8, 4) is 0 Å². The molecule has 2 atom stereocenters. The summed E-state index contributed by atoms with van der Waals surface area (Å²) in [5, 5.41) is 21.9. The minimum atomic E-state index is 0.0437. The number of hydrogen-bond acceptors (Lipinski definition) is 8. The van der Waals surface area contributed by atoms with Crippen molar-refractivity contribution in [2.45, 2.75) is 65.5 Å². The van der Waals surface area contributed by atoms with Crippen LogP contribution in [0.2, 0.25) is 0 Å². The number of hydrogen-bond donors (Lipinski definition) is 0. The second-order valence-electron chi connectivity index (χ2n) is 10.3. The van der Waals surface area contributed by atoms with Gasteiger partial charge in [0.1, 0.15) is 0 Å². The molecule has 0 aliphatic carbocycles. The van der Waals surface area contributed by atoms with Crippen LogP contribution in [0.15, 0.2) is 69.2 Å². The largest absolute Gasteiger partial charge is 0.295 e. The summed E-state index contributed by atoms with van der Waals surface area (Å²) >= 11 is 0. The Labute approximate surface area is 231 Å². The van der Waals surface area contributed by atoms with Crippen molar-refractivity contribution >= 4 is 22.9 Å². The van der Waals surface area contributed by atoms with Crippen molar-refractivity contribution in [2.24, 2.45) is 20.7 Å². The number of ketones is 2. The van der Waals surface area contributed by atoms with Crippen LogP contribution in [0, 0.1) is 0 Å². The fourth-order valence-electron chi connectivity index (χ4n) is 5.13. The lowest BCUT2D eigenvalue weighted by atomic mass is 10.1. The molecule has 2 aliphatic rings. The fourth-order valence-corrected chi connectivity index (χ4v) is 5.13. The molecule has 0 spiro atoms. The molecule has 0 N–H and O–H groups in total. The number of benzene rings is 2. The molecule has 10 heteroatoms. The van der Waals surface area contributed by atoms with Gasteiger partial charge in [0, 0.05) is 36.3 Å². The molecule has 2 aromatic carbocycles. The van der Waals surface area contributed by atoms with E-state index in [2.05, 4.69) is 44.3 Å². The lowest BCUT2D eigenvalue weighted by Gasteiger charge is -2.46. The normalized spacial score (nSPS) is 21.2. The maximum absolute atomic E-state index is 11.5. The van der Waals surface area contributed by atoms with Crippen LogP contribution in [0.25, 0.3) is 0 Å². The van der Waals surface area contributed by atoms with E-state index < -0.39 is 0 Å². The van der Waals surface area contributed by atoms with Crippen LogP contribution in [-0.4, -0.2) is 76.6 Å².